The van der Waals surface area contributed by atoms with Crippen LogP contribution in [0.15, 0.2) is 72.8 Å². The summed E-state index contributed by atoms with van der Waals surface area (Å²) in [6.07, 6.45) is 0. The van der Waals surface area contributed by atoms with Gasteiger partial charge in [0.05, 0.1) is 0 Å². The van der Waals surface area contributed by atoms with Gasteiger partial charge in [0, 0.05) is 28.9 Å². The van der Waals surface area contributed by atoms with Crippen molar-refractivity contribution in [3.8, 4) is 5.75 Å². The van der Waals surface area contributed by atoms with E-state index < -0.39 is 11.9 Å². The molecule has 2 N–H and O–H groups in total. The molecule has 1 atom stereocenters. The van der Waals surface area contributed by atoms with Crippen molar-refractivity contribution in [1.29, 1.82) is 0 Å². The number of carbonyl (C=O) groups is 1. The molecule has 0 saturated heterocycles. The smallest absolute Gasteiger partial charge is 0.255 e. The Balaban J connectivity index is 0.00000205. The van der Waals surface area contributed by atoms with Crippen LogP contribution >= 0.6 is 13.5 Å². The van der Waals surface area contributed by atoms with Gasteiger partial charge in [0.15, 0.2) is 0 Å². The molecule has 1 aliphatic heterocycles. The topological polar surface area (TPSA) is 56.3 Å². The first-order valence-electron chi connectivity index (χ1n) is 9.07. The Labute approximate surface area is 174 Å². The van der Waals surface area contributed by atoms with E-state index in [1.165, 1.54) is 18.2 Å². The maximum absolute atomic E-state index is 14.1. The van der Waals surface area contributed by atoms with E-state index >= 15 is 0 Å². The highest BCUT2D eigenvalue weighted by Gasteiger charge is 2.36. The van der Waals surface area contributed by atoms with Gasteiger partial charge in [-0.2, -0.15) is 13.5 Å². The SMILES string of the molecule is O=C1c2ccccc2CN1[C@H](c1cc2ccccc2[nH]1)c1cc(F)ccc1O.S. The second-order valence-electron chi connectivity index (χ2n) is 7.01. The molecule has 0 unspecified atom stereocenters. The van der Waals surface area contributed by atoms with Gasteiger partial charge in [0.2, 0.25) is 0 Å². The molecule has 0 bridgehead atoms. The van der Waals surface area contributed by atoms with E-state index in [1.807, 2.05) is 48.5 Å². The number of H-pyrrole nitrogens is 1. The average Bonchev–Trinajstić information content (AvgIpc) is 3.27. The number of nitrogens with zero attached hydrogens (tertiary/aromatic N) is 1. The number of rotatable bonds is 3. The number of aromatic hydroxyl groups is 1. The van der Waals surface area contributed by atoms with Crippen molar-refractivity contribution >= 4 is 30.3 Å². The van der Waals surface area contributed by atoms with Crippen LogP contribution in [0.2, 0.25) is 0 Å². The summed E-state index contributed by atoms with van der Waals surface area (Å²) in [5, 5.41) is 11.5. The number of amides is 1. The number of aromatic nitrogens is 1. The van der Waals surface area contributed by atoms with Crippen molar-refractivity contribution in [3.63, 3.8) is 0 Å². The van der Waals surface area contributed by atoms with E-state index in [-0.39, 0.29) is 25.2 Å². The zero-order valence-corrected chi connectivity index (χ0v) is 16.4. The van der Waals surface area contributed by atoms with Crippen LogP contribution in [0.5, 0.6) is 5.75 Å². The maximum atomic E-state index is 14.1. The minimum absolute atomic E-state index is 0. The predicted molar refractivity (Wildman–Crippen MR) is 115 cm³/mol. The van der Waals surface area contributed by atoms with Gasteiger partial charge in [-0.05, 0) is 47.3 Å². The molecule has 6 heteroatoms. The second-order valence-corrected chi connectivity index (χ2v) is 7.01. The summed E-state index contributed by atoms with van der Waals surface area (Å²) in [5.74, 6) is -0.644. The van der Waals surface area contributed by atoms with Gasteiger partial charge in [-0.25, -0.2) is 4.39 Å². The summed E-state index contributed by atoms with van der Waals surface area (Å²) in [6, 6.07) is 20.4. The summed E-state index contributed by atoms with van der Waals surface area (Å²) in [4.78, 5) is 18.1. The van der Waals surface area contributed by atoms with Crippen molar-refractivity contribution in [2.75, 3.05) is 0 Å². The number of para-hydroxylation sites is 1. The molecule has 146 valence electrons. The van der Waals surface area contributed by atoms with Gasteiger partial charge < -0.3 is 15.0 Å². The summed E-state index contributed by atoms with van der Waals surface area (Å²) in [5.41, 5.74) is 3.56. The fraction of sp³-hybridized carbons (Fsp3) is 0.0870. The number of phenolic OH excluding ortho intramolecular Hbond substituents is 1. The van der Waals surface area contributed by atoms with Gasteiger partial charge in [0.25, 0.3) is 5.91 Å². The van der Waals surface area contributed by atoms with Crippen LogP contribution in [0.4, 0.5) is 4.39 Å². The first kappa shape index (κ1) is 19.1. The molecule has 0 radical (unpaired) electrons. The number of phenols is 1. The minimum Gasteiger partial charge on any atom is -0.508 e. The van der Waals surface area contributed by atoms with Crippen LogP contribution in [0.25, 0.3) is 10.9 Å². The number of fused-ring (bicyclic) bond motifs is 2. The third kappa shape index (κ3) is 3.15. The summed E-state index contributed by atoms with van der Waals surface area (Å²) in [6.45, 7) is 0.394. The molecule has 1 aromatic heterocycles. The van der Waals surface area contributed by atoms with Crippen LogP contribution in [0.1, 0.15) is 33.2 Å². The Bertz CT molecular complexity index is 1190. The summed E-state index contributed by atoms with van der Waals surface area (Å²) >= 11 is 0. The lowest BCUT2D eigenvalue weighted by Gasteiger charge is -2.28. The van der Waals surface area contributed by atoms with E-state index in [2.05, 4.69) is 4.98 Å². The van der Waals surface area contributed by atoms with Crippen LogP contribution in [-0.2, 0) is 6.54 Å². The highest BCUT2D eigenvalue weighted by atomic mass is 32.1. The molecule has 5 rings (SSSR count). The number of aromatic amines is 1. The molecule has 1 aliphatic rings. The third-order valence-electron chi connectivity index (χ3n) is 5.29. The van der Waals surface area contributed by atoms with Gasteiger partial charge in [-0.3, -0.25) is 4.79 Å². The first-order valence-corrected chi connectivity index (χ1v) is 9.07. The molecule has 0 saturated carbocycles. The van der Waals surface area contributed by atoms with Gasteiger partial charge in [0.1, 0.15) is 17.6 Å². The fourth-order valence-corrected chi connectivity index (χ4v) is 3.98. The van der Waals surface area contributed by atoms with Crippen molar-refractivity contribution in [3.05, 3.63) is 101 Å². The number of hydrogen-bond acceptors (Lipinski definition) is 2. The van der Waals surface area contributed by atoms with Gasteiger partial charge >= 0.3 is 0 Å². The van der Waals surface area contributed by atoms with Crippen molar-refractivity contribution < 1.29 is 14.3 Å². The molecular weight excluding hydrogens is 387 g/mol. The van der Waals surface area contributed by atoms with Crippen molar-refractivity contribution in [1.82, 2.24) is 9.88 Å². The Morgan fingerprint density at radius 1 is 1.00 bits per heavy atom. The monoisotopic (exact) mass is 406 g/mol. The van der Waals surface area contributed by atoms with E-state index in [0.29, 0.717) is 17.7 Å². The quantitative estimate of drug-likeness (QED) is 0.510. The standard InChI is InChI=1S/C23H17FN2O2.H2S/c24-16-9-10-21(27)18(12-16)22(20-11-14-5-2-4-8-19(14)25-20)26-13-15-6-1-3-7-17(15)23(26)28;/h1-12,22,25,27H,13H2;1H2/t22-;/m0./s1. The number of hydrogen-bond donors (Lipinski definition) is 2. The predicted octanol–water partition coefficient (Wildman–Crippen LogP) is 4.87. The summed E-state index contributed by atoms with van der Waals surface area (Å²) < 4.78 is 14.1. The minimum atomic E-state index is -0.636. The molecule has 0 aliphatic carbocycles. The molecule has 3 aromatic carbocycles. The maximum Gasteiger partial charge on any atom is 0.255 e. The highest BCUT2D eigenvalue weighted by Crippen LogP contribution is 2.39. The van der Waals surface area contributed by atoms with Crippen molar-refractivity contribution in [2.24, 2.45) is 0 Å². The Morgan fingerprint density at radius 3 is 2.55 bits per heavy atom. The van der Waals surface area contributed by atoms with Gasteiger partial charge in [-0.15, -0.1) is 0 Å². The number of carbonyl (C=O) groups excluding carboxylic acids is 1. The van der Waals surface area contributed by atoms with E-state index in [1.54, 1.807) is 11.0 Å². The highest BCUT2D eigenvalue weighted by molar-refractivity contribution is 7.59. The molecule has 2 heterocycles. The molecule has 4 nitrogen and oxygen atoms in total. The lowest BCUT2D eigenvalue weighted by Crippen LogP contribution is -2.30. The van der Waals surface area contributed by atoms with Crippen LogP contribution in [-0.4, -0.2) is 20.9 Å². The van der Waals surface area contributed by atoms with E-state index in [9.17, 15) is 14.3 Å². The molecule has 0 fully saturated rings. The van der Waals surface area contributed by atoms with Gasteiger partial charge in [-0.1, -0.05) is 36.4 Å². The number of halogens is 1. The number of nitrogens with one attached hydrogen (secondary N) is 1. The molecule has 4 aromatic rings. The summed E-state index contributed by atoms with van der Waals surface area (Å²) in [7, 11) is 0. The zero-order valence-electron chi connectivity index (χ0n) is 15.4. The Kier molecular flexibility index (Phi) is 4.80. The van der Waals surface area contributed by atoms with E-state index in [4.69, 9.17) is 0 Å². The number of benzene rings is 3. The molecular formula is C23H19FN2O2S. The Hall–Kier alpha value is -3.25. The van der Waals surface area contributed by atoms with Crippen LogP contribution in [0.3, 0.4) is 0 Å². The lowest BCUT2D eigenvalue weighted by atomic mass is 10.0. The zero-order chi connectivity index (χ0) is 19.3. The normalized spacial score (nSPS) is 14.0. The average molecular weight is 406 g/mol. The molecule has 29 heavy (non-hydrogen) atoms. The molecule has 0 spiro atoms. The first-order chi connectivity index (χ1) is 13.6. The third-order valence-corrected chi connectivity index (χ3v) is 5.29. The largest absolute Gasteiger partial charge is 0.508 e. The fourth-order valence-electron chi connectivity index (χ4n) is 3.98. The van der Waals surface area contributed by atoms with Crippen LogP contribution < -0.4 is 0 Å². The molecule has 1 amide bonds. The Morgan fingerprint density at radius 2 is 1.76 bits per heavy atom. The lowest BCUT2D eigenvalue weighted by molar-refractivity contribution is 0.0726. The van der Waals surface area contributed by atoms with Crippen LogP contribution in [0, 0.1) is 5.82 Å². The van der Waals surface area contributed by atoms with Crippen molar-refractivity contribution in [2.45, 2.75) is 12.6 Å². The second kappa shape index (κ2) is 7.29. The van der Waals surface area contributed by atoms with E-state index in [0.717, 1.165) is 22.2 Å².